The van der Waals surface area contributed by atoms with Gasteiger partial charge in [0.05, 0.1) is 25.3 Å². The summed E-state index contributed by atoms with van der Waals surface area (Å²) in [5.41, 5.74) is 0.967. The third kappa shape index (κ3) is 6.25. The summed E-state index contributed by atoms with van der Waals surface area (Å²) in [6.07, 6.45) is 2.56. The summed E-state index contributed by atoms with van der Waals surface area (Å²) in [7, 11) is 0. The van der Waals surface area contributed by atoms with Crippen molar-refractivity contribution in [3.05, 3.63) is 54.4 Å². The minimum absolute atomic E-state index is 0.0415. The second kappa shape index (κ2) is 9.92. The first-order valence-corrected chi connectivity index (χ1v) is 9.42. The molecule has 0 unspecified atom stereocenters. The van der Waals surface area contributed by atoms with Crippen molar-refractivity contribution in [3.63, 3.8) is 0 Å². The van der Waals surface area contributed by atoms with Crippen LogP contribution in [0.3, 0.4) is 0 Å². The van der Waals surface area contributed by atoms with Crippen LogP contribution in [0.4, 0.5) is 0 Å². The monoisotopic (exact) mass is 369 g/mol. The summed E-state index contributed by atoms with van der Waals surface area (Å²) in [6.45, 7) is 5.05. The number of carbonyl (C=O) groups is 1. The van der Waals surface area contributed by atoms with E-state index in [2.05, 4.69) is 15.6 Å². The number of carbonyl (C=O) groups excluding carboxylic acids is 1. The molecule has 144 valence electrons. The Balaban J connectivity index is 1.36. The number of nitrogens with one attached hydrogen (secondary N) is 2. The van der Waals surface area contributed by atoms with Crippen LogP contribution in [0.25, 0.3) is 0 Å². The Bertz CT molecular complexity index is 706. The largest absolute Gasteiger partial charge is 0.492 e. The third-order valence-electron chi connectivity index (χ3n) is 4.60. The van der Waals surface area contributed by atoms with E-state index in [0.717, 1.165) is 30.2 Å². The molecule has 1 aromatic carbocycles. The molecule has 0 radical (unpaired) electrons. The van der Waals surface area contributed by atoms with E-state index in [9.17, 15) is 4.79 Å². The summed E-state index contributed by atoms with van der Waals surface area (Å²) in [6, 6.07) is 13.5. The summed E-state index contributed by atoms with van der Waals surface area (Å²) >= 11 is 0. The Labute approximate surface area is 160 Å². The van der Waals surface area contributed by atoms with Crippen molar-refractivity contribution in [1.29, 1.82) is 0 Å². The fourth-order valence-electron chi connectivity index (χ4n) is 3.12. The second-order valence-corrected chi connectivity index (χ2v) is 6.86. The number of aryl methyl sites for hydroxylation is 1. The first-order valence-electron chi connectivity index (χ1n) is 9.42. The number of benzene rings is 1. The van der Waals surface area contributed by atoms with Crippen molar-refractivity contribution >= 4 is 5.91 Å². The topological polar surface area (TPSA) is 72.5 Å². The molecule has 1 aliphatic rings. The first-order chi connectivity index (χ1) is 13.2. The predicted molar refractivity (Wildman–Crippen MR) is 104 cm³/mol. The maximum atomic E-state index is 12.4. The fourth-order valence-corrected chi connectivity index (χ4v) is 3.12. The number of ether oxygens (including phenoxy) is 2. The van der Waals surface area contributed by atoms with Gasteiger partial charge in [0.1, 0.15) is 18.1 Å². The summed E-state index contributed by atoms with van der Waals surface area (Å²) in [5, 5.41) is 6.31. The highest BCUT2D eigenvalue weighted by Crippen LogP contribution is 2.19. The molecule has 0 aliphatic carbocycles. The lowest BCUT2D eigenvalue weighted by atomic mass is 9.90. The maximum absolute atomic E-state index is 12.4. The molecule has 6 heteroatoms. The van der Waals surface area contributed by atoms with Gasteiger partial charge >= 0.3 is 0 Å². The molecule has 1 fully saturated rings. The van der Waals surface area contributed by atoms with E-state index >= 15 is 0 Å². The fraction of sp³-hybridized carbons (Fsp3) is 0.429. The Morgan fingerprint density at radius 1 is 1.15 bits per heavy atom. The number of nitrogens with zero attached hydrogens (tertiary/aromatic N) is 1. The van der Waals surface area contributed by atoms with Gasteiger partial charge in [-0.1, -0.05) is 18.2 Å². The van der Waals surface area contributed by atoms with Gasteiger partial charge < -0.3 is 20.1 Å². The summed E-state index contributed by atoms with van der Waals surface area (Å²) in [5.74, 6) is 1.91. The van der Waals surface area contributed by atoms with Crippen LogP contribution in [-0.2, 0) is 4.79 Å². The molecule has 6 nitrogen and oxygen atoms in total. The molecule has 0 saturated carbocycles. The Morgan fingerprint density at radius 2 is 2.00 bits per heavy atom. The third-order valence-corrected chi connectivity index (χ3v) is 4.60. The van der Waals surface area contributed by atoms with Gasteiger partial charge in [-0.25, -0.2) is 0 Å². The van der Waals surface area contributed by atoms with Gasteiger partial charge in [-0.3, -0.25) is 9.78 Å². The van der Waals surface area contributed by atoms with Crippen molar-refractivity contribution in [2.24, 2.45) is 11.8 Å². The Morgan fingerprint density at radius 3 is 2.78 bits per heavy atom. The molecule has 2 N–H and O–H groups in total. The van der Waals surface area contributed by atoms with E-state index in [1.165, 1.54) is 0 Å². The lowest BCUT2D eigenvalue weighted by Gasteiger charge is -2.29. The van der Waals surface area contributed by atoms with E-state index < -0.39 is 0 Å². The highest BCUT2D eigenvalue weighted by Gasteiger charge is 2.27. The van der Waals surface area contributed by atoms with Crippen LogP contribution in [0.5, 0.6) is 11.5 Å². The van der Waals surface area contributed by atoms with E-state index in [-0.39, 0.29) is 11.8 Å². The number of para-hydroxylation sites is 1. The van der Waals surface area contributed by atoms with E-state index in [0.29, 0.717) is 32.2 Å². The number of rotatable bonds is 8. The van der Waals surface area contributed by atoms with Crippen LogP contribution in [0.1, 0.15) is 12.1 Å². The number of amides is 1. The van der Waals surface area contributed by atoms with Crippen molar-refractivity contribution in [2.75, 3.05) is 32.8 Å². The van der Waals surface area contributed by atoms with Crippen LogP contribution in [0, 0.1) is 18.8 Å². The lowest BCUT2D eigenvalue weighted by Crippen LogP contribution is -2.46. The van der Waals surface area contributed by atoms with Crippen molar-refractivity contribution < 1.29 is 14.3 Å². The lowest BCUT2D eigenvalue weighted by molar-refractivity contribution is -0.126. The minimum Gasteiger partial charge on any atom is -0.492 e. The highest BCUT2D eigenvalue weighted by molar-refractivity contribution is 5.79. The SMILES string of the molecule is Cc1ccc(OC[C@@H]2CNC[C@H](C(=O)NCCOc3ccccc3)C2)cn1. The first kappa shape index (κ1) is 19.2. The van der Waals surface area contributed by atoms with E-state index in [1.807, 2.05) is 49.4 Å². The van der Waals surface area contributed by atoms with E-state index in [1.54, 1.807) is 6.20 Å². The normalized spacial score (nSPS) is 19.3. The van der Waals surface area contributed by atoms with Gasteiger partial charge in [0, 0.05) is 24.7 Å². The van der Waals surface area contributed by atoms with Crippen molar-refractivity contribution in [2.45, 2.75) is 13.3 Å². The molecule has 1 aromatic heterocycles. The van der Waals surface area contributed by atoms with Gasteiger partial charge in [-0.2, -0.15) is 0 Å². The van der Waals surface area contributed by atoms with Crippen molar-refractivity contribution in [3.8, 4) is 11.5 Å². The average Bonchev–Trinajstić information content (AvgIpc) is 2.71. The van der Waals surface area contributed by atoms with Crippen LogP contribution in [-0.4, -0.2) is 43.7 Å². The second-order valence-electron chi connectivity index (χ2n) is 6.86. The molecule has 27 heavy (non-hydrogen) atoms. The quantitative estimate of drug-likeness (QED) is 0.698. The number of hydrogen-bond donors (Lipinski definition) is 2. The summed E-state index contributed by atoms with van der Waals surface area (Å²) in [4.78, 5) is 16.6. The van der Waals surface area contributed by atoms with Crippen LogP contribution < -0.4 is 20.1 Å². The molecular weight excluding hydrogens is 342 g/mol. The Hall–Kier alpha value is -2.60. The number of aromatic nitrogens is 1. The molecular formula is C21H27N3O3. The number of hydrogen-bond acceptors (Lipinski definition) is 5. The zero-order valence-electron chi connectivity index (χ0n) is 15.7. The maximum Gasteiger partial charge on any atom is 0.224 e. The Kier molecular flexibility index (Phi) is 7.04. The minimum atomic E-state index is -0.0415. The molecule has 2 atom stereocenters. The predicted octanol–water partition coefficient (Wildman–Crippen LogP) is 2.19. The average molecular weight is 369 g/mol. The van der Waals surface area contributed by atoms with Gasteiger partial charge in [0.15, 0.2) is 0 Å². The molecule has 1 amide bonds. The van der Waals surface area contributed by atoms with Crippen LogP contribution >= 0.6 is 0 Å². The molecule has 0 bridgehead atoms. The molecule has 2 heterocycles. The van der Waals surface area contributed by atoms with Gasteiger partial charge in [0.25, 0.3) is 0 Å². The highest BCUT2D eigenvalue weighted by atomic mass is 16.5. The molecule has 1 aliphatic heterocycles. The molecule has 1 saturated heterocycles. The van der Waals surface area contributed by atoms with Gasteiger partial charge in [0.2, 0.25) is 5.91 Å². The summed E-state index contributed by atoms with van der Waals surface area (Å²) < 4.78 is 11.4. The van der Waals surface area contributed by atoms with Crippen molar-refractivity contribution in [1.82, 2.24) is 15.6 Å². The van der Waals surface area contributed by atoms with E-state index in [4.69, 9.17) is 9.47 Å². The molecule has 0 spiro atoms. The number of piperidine rings is 1. The zero-order valence-corrected chi connectivity index (χ0v) is 15.7. The standard InChI is InChI=1S/C21H27N3O3/c1-16-7-8-20(14-24-16)27-15-17-11-18(13-22-12-17)21(25)23-9-10-26-19-5-3-2-4-6-19/h2-8,14,17-18,22H,9-13,15H2,1H3,(H,23,25)/t17-,18+/m0/s1. The molecule has 2 aromatic rings. The smallest absolute Gasteiger partial charge is 0.224 e. The van der Waals surface area contributed by atoms with Crippen LogP contribution in [0.15, 0.2) is 48.7 Å². The van der Waals surface area contributed by atoms with Gasteiger partial charge in [-0.05, 0) is 37.6 Å². The van der Waals surface area contributed by atoms with Crippen LogP contribution in [0.2, 0.25) is 0 Å². The zero-order chi connectivity index (χ0) is 18.9. The van der Waals surface area contributed by atoms with Gasteiger partial charge in [-0.15, -0.1) is 0 Å². The molecule has 3 rings (SSSR count). The number of pyridine rings is 1.